The number of fused-ring (bicyclic) bond motifs is 1. The lowest BCUT2D eigenvalue weighted by molar-refractivity contribution is 0.830. The molecule has 0 aliphatic carbocycles. The van der Waals surface area contributed by atoms with Crippen molar-refractivity contribution in [1.82, 2.24) is 9.97 Å². The summed E-state index contributed by atoms with van der Waals surface area (Å²) in [5.74, 6) is 1.77. The number of aromatic nitrogens is 2. The second-order valence-electron chi connectivity index (χ2n) is 4.38. The Balaban J connectivity index is 0.000000550. The second kappa shape index (κ2) is 8.48. The summed E-state index contributed by atoms with van der Waals surface area (Å²) in [6, 6.07) is 0. The van der Waals surface area contributed by atoms with Crippen LogP contribution < -0.4 is 5.32 Å². The van der Waals surface area contributed by atoms with Gasteiger partial charge in [0.15, 0.2) is 0 Å². The molecular weight excluding hydrogens is 322 g/mol. The Morgan fingerprint density at radius 1 is 1.26 bits per heavy atom. The fourth-order valence-corrected chi connectivity index (χ4v) is 2.82. The molecule has 0 fully saturated rings. The van der Waals surface area contributed by atoms with E-state index in [0.717, 1.165) is 39.3 Å². The van der Waals surface area contributed by atoms with Crippen molar-refractivity contribution in [2.24, 2.45) is 0 Å². The first-order valence-electron chi connectivity index (χ1n) is 6.79. The number of anilines is 1. The Morgan fingerprint density at radius 3 is 2.58 bits per heavy atom. The van der Waals surface area contributed by atoms with E-state index in [1.54, 1.807) is 11.3 Å². The van der Waals surface area contributed by atoms with E-state index in [-0.39, 0.29) is 0 Å². The van der Waals surface area contributed by atoms with Gasteiger partial charge in [-0.1, -0.05) is 33.6 Å². The van der Waals surface area contributed by atoms with Gasteiger partial charge in [-0.2, -0.15) is 0 Å². The number of unbranched alkanes of at least 4 members (excludes halogenated alkanes) is 1. The monoisotopic (exact) mass is 343 g/mol. The number of hydrogen-bond donors (Lipinski definition) is 1. The topological polar surface area (TPSA) is 37.8 Å². The Hall–Kier alpha value is -0.680. The largest absolute Gasteiger partial charge is 0.369 e. The van der Waals surface area contributed by atoms with Crippen LogP contribution in [0.1, 0.15) is 45.9 Å². The standard InChI is InChI=1S/C11H14BrN3S.C3H8/c1-3-4-5-13-11-8-6-16-10(12)9(8)14-7(2)15-11;1-3-2/h6H,3-5H2,1-2H3,(H,13,14,15);3H2,1-2H3. The fourth-order valence-electron chi connectivity index (χ4n) is 1.53. The van der Waals surface area contributed by atoms with Gasteiger partial charge in [0.2, 0.25) is 0 Å². The number of halogens is 1. The van der Waals surface area contributed by atoms with Crippen molar-refractivity contribution in [3.8, 4) is 0 Å². The molecule has 0 aliphatic heterocycles. The van der Waals surface area contributed by atoms with E-state index >= 15 is 0 Å². The van der Waals surface area contributed by atoms with Gasteiger partial charge < -0.3 is 5.32 Å². The number of hydrogen-bond acceptors (Lipinski definition) is 4. The lowest BCUT2D eigenvalue weighted by Gasteiger charge is -2.06. The summed E-state index contributed by atoms with van der Waals surface area (Å²) in [7, 11) is 0. The summed E-state index contributed by atoms with van der Waals surface area (Å²) in [4.78, 5) is 8.89. The predicted molar refractivity (Wildman–Crippen MR) is 89.2 cm³/mol. The van der Waals surface area contributed by atoms with Crippen LogP contribution >= 0.6 is 27.3 Å². The van der Waals surface area contributed by atoms with Crippen molar-refractivity contribution in [2.45, 2.75) is 47.0 Å². The van der Waals surface area contributed by atoms with Gasteiger partial charge >= 0.3 is 0 Å². The molecule has 2 heterocycles. The maximum Gasteiger partial charge on any atom is 0.138 e. The number of nitrogens with one attached hydrogen (secondary N) is 1. The summed E-state index contributed by atoms with van der Waals surface area (Å²) < 4.78 is 1.08. The molecule has 0 aliphatic rings. The first-order valence-corrected chi connectivity index (χ1v) is 8.46. The summed E-state index contributed by atoms with van der Waals surface area (Å²) in [5, 5.41) is 6.58. The van der Waals surface area contributed by atoms with Crippen molar-refractivity contribution < 1.29 is 0 Å². The van der Waals surface area contributed by atoms with Crippen molar-refractivity contribution in [2.75, 3.05) is 11.9 Å². The van der Waals surface area contributed by atoms with Crippen LogP contribution in [0, 0.1) is 6.92 Å². The summed E-state index contributed by atoms with van der Waals surface area (Å²) >= 11 is 5.17. The molecular formula is C14H22BrN3S. The summed E-state index contributed by atoms with van der Waals surface area (Å²) in [6.07, 6.45) is 3.60. The smallest absolute Gasteiger partial charge is 0.138 e. The SMILES string of the molecule is CCC.CCCCNc1nc(C)nc2c(Br)scc12. The van der Waals surface area contributed by atoms with Crippen LogP contribution in [0.3, 0.4) is 0 Å². The molecule has 0 radical (unpaired) electrons. The van der Waals surface area contributed by atoms with E-state index in [4.69, 9.17) is 0 Å². The van der Waals surface area contributed by atoms with E-state index in [1.807, 2.05) is 6.92 Å². The quantitative estimate of drug-likeness (QED) is 0.756. The van der Waals surface area contributed by atoms with E-state index in [1.165, 1.54) is 12.8 Å². The van der Waals surface area contributed by atoms with Crippen molar-refractivity contribution in [3.05, 3.63) is 15.0 Å². The molecule has 2 rings (SSSR count). The zero-order chi connectivity index (χ0) is 14.3. The molecule has 0 bridgehead atoms. The molecule has 0 aromatic carbocycles. The van der Waals surface area contributed by atoms with Gasteiger partial charge in [-0.15, -0.1) is 11.3 Å². The van der Waals surface area contributed by atoms with Gasteiger partial charge in [0.1, 0.15) is 17.2 Å². The lowest BCUT2D eigenvalue weighted by Crippen LogP contribution is -2.04. The van der Waals surface area contributed by atoms with Crippen LogP contribution in [-0.2, 0) is 0 Å². The van der Waals surface area contributed by atoms with Crippen LogP contribution in [-0.4, -0.2) is 16.5 Å². The molecule has 0 spiro atoms. The van der Waals surface area contributed by atoms with E-state index < -0.39 is 0 Å². The Labute approximate surface area is 128 Å². The first kappa shape index (κ1) is 16.4. The molecule has 19 heavy (non-hydrogen) atoms. The van der Waals surface area contributed by atoms with Gasteiger partial charge in [-0.3, -0.25) is 0 Å². The maximum absolute atomic E-state index is 4.45. The van der Waals surface area contributed by atoms with Crippen LogP contribution in [0.2, 0.25) is 0 Å². The Morgan fingerprint density at radius 2 is 1.95 bits per heavy atom. The minimum Gasteiger partial charge on any atom is -0.369 e. The van der Waals surface area contributed by atoms with Crippen molar-refractivity contribution in [1.29, 1.82) is 0 Å². The van der Waals surface area contributed by atoms with E-state index in [9.17, 15) is 0 Å². The van der Waals surface area contributed by atoms with E-state index in [0.29, 0.717) is 0 Å². The van der Waals surface area contributed by atoms with Gasteiger partial charge in [0.25, 0.3) is 0 Å². The molecule has 106 valence electrons. The van der Waals surface area contributed by atoms with E-state index in [2.05, 4.69) is 57.4 Å². The zero-order valence-electron chi connectivity index (χ0n) is 12.1. The zero-order valence-corrected chi connectivity index (χ0v) is 14.5. The predicted octanol–water partition coefficient (Wildman–Crippen LogP) is 5.39. The molecule has 2 aromatic heterocycles. The Kier molecular flexibility index (Phi) is 7.31. The third-order valence-electron chi connectivity index (χ3n) is 2.35. The van der Waals surface area contributed by atoms with Gasteiger partial charge in [0.05, 0.1) is 9.17 Å². The van der Waals surface area contributed by atoms with Crippen LogP contribution in [0.25, 0.3) is 10.9 Å². The molecule has 0 saturated carbocycles. The molecule has 0 unspecified atom stereocenters. The molecule has 5 heteroatoms. The third kappa shape index (κ3) is 4.73. The maximum atomic E-state index is 4.45. The number of thiophene rings is 1. The average Bonchev–Trinajstić information content (AvgIpc) is 2.73. The number of rotatable bonds is 4. The normalized spacial score (nSPS) is 10.2. The first-order chi connectivity index (χ1) is 9.13. The van der Waals surface area contributed by atoms with Gasteiger partial charge in [-0.25, -0.2) is 9.97 Å². The molecule has 0 saturated heterocycles. The second-order valence-corrected chi connectivity index (χ2v) is 6.58. The molecule has 3 nitrogen and oxygen atoms in total. The van der Waals surface area contributed by atoms with Crippen molar-refractivity contribution >= 4 is 44.0 Å². The molecule has 0 amide bonds. The number of aryl methyl sites for hydroxylation is 1. The minimum absolute atomic E-state index is 0.811. The lowest BCUT2D eigenvalue weighted by atomic mass is 10.3. The highest BCUT2D eigenvalue weighted by Gasteiger charge is 2.09. The summed E-state index contributed by atoms with van der Waals surface area (Å²) in [5.41, 5.74) is 1.01. The van der Waals surface area contributed by atoms with Crippen LogP contribution in [0.4, 0.5) is 5.82 Å². The highest BCUT2D eigenvalue weighted by molar-refractivity contribution is 9.11. The highest BCUT2D eigenvalue weighted by atomic mass is 79.9. The molecule has 1 N–H and O–H groups in total. The third-order valence-corrected chi connectivity index (χ3v) is 4.04. The minimum atomic E-state index is 0.811. The Bertz CT molecular complexity index is 511. The van der Waals surface area contributed by atoms with Crippen LogP contribution in [0.5, 0.6) is 0 Å². The highest BCUT2D eigenvalue weighted by Crippen LogP contribution is 2.32. The van der Waals surface area contributed by atoms with Crippen molar-refractivity contribution in [3.63, 3.8) is 0 Å². The molecule has 2 aromatic rings. The molecule has 0 atom stereocenters. The van der Waals surface area contributed by atoms with Crippen LogP contribution in [0.15, 0.2) is 9.17 Å². The number of nitrogens with zero attached hydrogens (tertiary/aromatic N) is 2. The average molecular weight is 344 g/mol. The summed E-state index contributed by atoms with van der Waals surface area (Å²) in [6.45, 7) is 9.33. The fraction of sp³-hybridized carbons (Fsp3) is 0.571. The van der Waals surface area contributed by atoms with Gasteiger partial charge in [-0.05, 0) is 29.3 Å². The van der Waals surface area contributed by atoms with Gasteiger partial charge in [0, 0.05) is 11.9 Å².